The summed E-state index contributed by atoms with van der Waals surface area (Å²) in [7, 11) is 0. The van der Waals surface area contributed by atoms with E-state index in [1.807, 2.05) is 6.92 Å². The number of aromatic nitrogens is 1. The average Bonchev–Trinajstić information content (AvgIpc) is 2.96. The quantitative estimate of drug-likeness (QED) is 0.943. The molecule has 0 spiro atoms. The molecule has 0 fully saturated rings. The third-order valence-corrected chi connectivity index (χ3v) is 4.57. The molecule has 1 unspecified atom stereocenters. The fourth-order valence-electron chi connectivity index (χ4n) is 2.45. The van der Waals surface area contributed by atoms with Crippen LogP contribution in [0, 0.1) is 0 Å². The topological polar surface area (TPSA) is 51.2 Å². The molecule has 1 atom stereocenters. The van der Waals surface area contributed by atoms with Crippen molar-refractivity contribution >= 4 is 17.2 Å². The zero-order valence-corrected chi connectivity index (χ0v) is 12.1. The number of fused-ring (bicyclic) bond motifs is 1. The van der Waals surface area contributed by atoms with Gasteiger partial charge in [0, 0.05) is 29.3 Å². The minimum atomic E-state index is -0.434. The Hall–Kier alpha value is -1.72. The number of amides is 1. The minimum Gasteiger partial charge on any atom is -0.368 e. The summed E-state index contributed by atoms with van der Waals surface area (Å²) in [4.78, 5) is 17.4. The second kappa shape index (κ2) is 5.34. The van der Waals surface area contributed by atoms with Gasteiger partial charge in [0.05, 0.1) is 13.2 Å². The van der Waals surface area contributed by atoms with Crippen molar-refractivity contribution in [3.05, 3.63) is 52.0 Å². The Morgan fingerprint density at radius 2 is 2.25 bits per heavy atom. The number of carbonyl (C=O) groups is 1. The fourth-order valence-corrected chi connectivity index (χ4v) is 3.43. The number of thiophene rings is 1. The average molecular weight is 288 g/mol. The van der Waals surface area contributed by atoms with Crippen LogP contribution in [0.1, 0.15) is 27.7 Å². The summed E-state index contributed by atoms with van der Waals surface area (Å²) < 4.78 is 5.92. The van der Waals surface area contributed by atoms with Crippen molar-refractivity contribution in [3.63, 3.8) is 0 Å². The largest absolute Gasteiger partial charge is 0.368 e. The van der Waals surface area contributed by atoms with E-state index in [1.165, 1.54) is 10.4 Å². The first-order chi connectivity index (χ1) is 9.69. The molecule has 0 saturated heterocycles. The first-order valence-corrected chi connectivity index (χ1v) is 7.46. The summed E-state index contributed by atoms with van der Waals surface area (Å²) in [5, 5.41) is 5.04. The molecule has 1 aliphatic heterocycles. The maximum absolute atomic E-state index is 12.1. The van der Waals surface area contributed by atoms with Gasteiger partial charge in [-0.15, -0.1) is 11.3 Å². The van der Waals surface area contributed by atoms with Gasteiger partial charge in [-0.2, -0.15) is 0 Å². The van der Waals surface area contributed by atoms with Gasteiger partial charge < -0.3 is 10.1 Å². The van der Waals surface area contributed by atoms with Crippen LogP contribution < -0.4 is 5.32 Å². The zero-order valence-electron chi connectivity index (χ0n) is 11.3. The molecule has 5 heteroatoms. The lowest BCUT2D eigenvalue weighted by Crippen LogP contribution is -2.43. The molecule has 0 radical (unpaired) electrons. The predicted molar refractivity (Wildman–Crippen MR) is 77.9 cm³/mol. The van der Waals surface area contributed by atoms with Crippen LogP contribution in [0.4, 0.5) is 0 Å². The molecule has 3 rings (SSSR count). The second-order valence-corrected chi connectivity index (χ2v) is 6.01. The lowest BCUT2D eigenvalue weighted by molar-refractivity contribution is -0.0425. The van der Waals surface area contributed by atoms with E-state index in [1.54, 1.807) is 35.9 Å². The van der Waals surface area contributed by atoms with E-state index in [-0.39, 0.29) is 5.91 Å². The van der Waals surface area contributed by atoms with E-state index < -0.39 is 5.60 Å². The van der Waals surface area contributed by atoms with Gasteiger partial charge >= 0.3 is 0 Å². The van der Waals surface area contributed by atoms with Crippen LogP contribution in [-0.4, -0.2) is 24.0 Å². The molecule has 20 heavy (non-hydrogen) atoms. The summed E-state index contributed by atoms with van der Waals surface area (Å²) in [6, 6.07) is 5.50. The number of ether oxygens (including phenoxy) is 1. The number of carbonyl (C=O) groups excluding carboxylic acids is 1. The second-order valence-electron chi connectivity index (χ2n) is 5.01. The van der Waals surface area contributed by atoms with Crippen molar-refractivity contribution in [2.24, 2.45) is 0 Å². The van der Waals surface area contributed by atoms with Gasteiger partial charge in [0.2, 0.25) is 0 Å². The van der Waals surface area contributed by atoms with E-state index in [0.29, 0.717) is 18.7 Å². The molecule has 1 amide bonds. The number of hydrogen-bond acceptors (Lipinski definition) is 4. The molecular weight excluding hydrogens is 272 g/mol. The van der Waals surface area contributed by atoms with Crippen LogP contribution >= 0.6 is 11.3 Å². The first kappa shape index (κ1) is 13.3. The molecule has 2 aromatic rings. The molecule has 1 N–H and O–H groups in total. The van der Waals surface area contributed by atoms with Crippen LogP contribution in [-0.2, 0) is 16.8 Å². The molecule has 0 aromatic carbocycles. The molecule has 104 valence electrons. The van der Waals surface area contributed by atoms with Gasteiger partial charge in [0.15, 0.2) is 0 Å². The van der Waals surface area contributed by atoms with Gasteiger partial charge in [-0.1, -0.05) is 0 Å². The van der Waals surface area contributed by atoms with E-state index in [4.69, 9.17) is 4.74 Å². The number of nitrogens with one attached hydrogen (secondary N) is 1. The van der Waals surface area contributed by atoms with Gasteiger partial charge in [0.1, 0.15) is 5.60 Å². The summed E-state index contributed by atoms with van der Waals surface area (Å²) in [6.45, 7) is 3.21. The van der Waals surface area contributed by atoms with Crippen molar-refractivity contribution < 1.29 is 9.53 Å². The van der Waals surface area contributed by atoms with E-state index in [2.05, 4.69) is 21.7 Å². The van der Waals surface area contributed by atoms with Crippen LogP contribution in [0.2, 0.25) is 0 Å². The summed E-state index contributed by atoms with van der Waals surface area (Å²) in [5.41, 5.74) is 1.38. The highest BCUT2D eigenvalue weighted by Crippen LogP contribution is 2.35. The highest BCUT2D eigenvalue weighted by atomic mass is 32.1. The van der Waals surface area contributed by atoms with Gasteiger partial charge in [-0.25, -0.2) is 0 Å². The van der Waals surface area contributed by atoms with Gasteiger partial charge in [-0.3, -0.25) is 9.78 Å². The van der Waals surface area contributed by atoms with Gasteiger partial charge in [-0.05, 0) is 36.1 Å². The molecule has 2 aromatic heterocycles. The van der Waals surface area contributed by atoms with Gasteiger partial charge in [0.25, 0.3) is 5.91 Å². The van der Waals surface area contributed by atoms with Crippen LogP contribution in [0.25, 0.3) is 0 Å². The predicted octanol–water partition coefficient (Wildman–Crippen LogP) is 2.36. The number of rotatable bonds is 3. The summed E-state index contributed by atoms with van der Waals surface area (Å²) in [6.07, 6.45) is 4.19. The van der Waals surface area contributed by atoms with Crippen molar-refractivity contribution in [1.29, 1.82) is 0 Å². The maximum atomic E-state index is 12.1. The highest BCUT2D eigenvalue weighted by molar-refractivity contribution is 7.10. The molecule has 1 aliphatic rings. The standard InChI is InChI=1S/C15H16N2O2S/c1-15(12-5-9-20-13(12)4-8-19-15)10-17-14(18)11-2-6-16-7-3-11/h2-3,5-7,9H,4,8,10H2,1H3,(H,17,18). The summed E-state index contributed by atoms with van der Waals surface area (Å²) >= 11 is 1.76. The number of hydrogen-bond donors (Lipinski definition) is 1. The van der Waals surface area contributed by atoms with Crippen molar-refractivity contribution in [1.82, 2.24) is 10.3 Å². The highest BCUT2D eigenvalue weighted by Gasteiger charge is 2.34. The lowest BCUT2D eigenvalue weighted by Gasteiger charge is -2.34. The molecule has 4 nitrogen and oxygen atoms in total. The zero-order chi connectivity index (χ0) is 14.0. The van der Waals surface area contributed by atoms with Crippen molar-refractivity contribution in [2.45, 2.75) is 18.9 Å². The molecule has 0 saturated carbocycles. The van der Waals surface area contributed by atoms with Crippen LogP contribution in [0.15, 0.2) is 36.0 Å². The van der Waals surface area contributed by atoms with E-state index >= 15 is 0 Å². The molecule has 0 aliphatic carbocycles. The van der Waals surface area contributed by atoms with Crippen LogP contribution in [0.3, 0.4) is 0 Å². The maximum Gasteiger partial charge on any atom is 0.251 e. The van der Waals surface area contributed by atoms with Crippen molar-refractivity contribution in [2.75, 3.05) is 13.2 Å². The summed E-state index contributed by atoms with van der Waals surface area (Å²) in [5.74, 6) is -0.0976. The Morgan fingerprint density at radius 3 is 3.05 bits per heavy atom. The SMILES string of the molecule is CC1(CNC(=O)c2ccncc2)OCCc2sccc21. The first-order valence-electron chi connectivity index (χ1n) is 6.58. The fraction of sp³-hybridized carbons (Fsp3) is 0.333. The van der Waals surface area contributed by atoms with Crippen LogP contribution in [0.5, 0.6) is 0 Å². The van der Waals surface area contributed by atoms with E-state index in [9.17, 15) is 4.79 Å². The Balaban J connectivity index is 1.72. The Kier molecular flexibility index (Phi) is 3.54. The Labute approximate surface area is 121 Å². The third kappa shape index (κ3) is 2.46. The lowest BCUT2D eigenvalue weighted by atomic mass is 9.93. The van der Waals surface area contributed by atoms with E-state index in [0.717, 1.165) is 6.42 Å². The Bertz CT molecular complexity index is 611. The van der Waals surface area contributed by atoms with Crippen molar-refractivity contribution in [3.8, 4) is 0 Å². The molecule has 3 heterocycles. The monoisotopic (exact) mass is 288 g/mol. The Morgan fingerprint density at radius 1 is 1.45 bits per heavy atom. The molecule has 0 bridgehead atoms. The number of nitrogens with zero attached hydrogens (tertiary/aromatic N) is 1. The number of pyridine rings is 1. The third-order valence-electron chi connectivity index (χ3n) is 3.59. The minimum absolute atomic E-state index is 0.0976. The smallest absolute Gasteiger partial charge is 0.251 e. The normalized spacial score (nSPS) is 21.2. The molecular formula is C15H16N2O2S.